The molecule has 0 aliphatic rings. The van der Waals surface area contributed by atoms with Gasteiger partial charge in [0.15, 0.2) is 0 Å². The summed E-state index contributed by atoms with van der Waals surface area (Å²) in [6.07, 6.45) is 1.38. The third-order valence-corrected chi connectivity index (χ3v) is 1.62. The van der Waals surface area contributed by atoms with Crippen LogP contribution in [0.1, 0.15) is 11.1 Å². The van der Waals surface area contributed by atoms with E-state index in [1.165, 1.54) is 12.1 Å². The van der Waals surface area contributed by atoms with E-state index in [1.807, 2.05) is 0 Å². The summed E-state index contributed by atoms with van der Waals surface area (Å²) in [7, 11) is 0. The second-order valence-electron chi connectivity index (χ2n) is 2.36. The number of benzene rings is 1. The van der Waals surface area contributed by atoms with Crippen molar-refractivity contribution in [3.8, 4) is 0 Å². The van der Waals surface area contributed by atoms with Gasteiger partial charge in [-0.15, -0.1) is 0 Å². The van der Waals surface area contributed by atoms with E-state index in [1.54, 1.807) is 0 Å². The van der Waals surface area contributed by atoms with Crippen LogP contribution in [0.3, 0.4) is 0 Å². The first-order valence-corrected chi connectivity index (χ1v) is 3.49. The smallest absolute Gasteiger partial charge is 0.131 e. The first-order valence-electron chi connectivity index (χ1n) is 3.49. The maximum Gasteiger partial charge on any atom is 0.131 e. The second kappa shape index (κ2) is 3.45. The molecule has 0 atom stereocenters. The Labute approximate surface area is 69.5 Å². The molecule has 0 fully saturated rings. The first kappa shape index (κ1) is 8.87. The van der Waals surface area contributed by atoms with Gasteiger partial charge in [-0.1, -0.05) is 12.7 Å². The van der Waals surface area contributed by atoms with Gasteiger partial charge in [-0.2, -0.15) is 0 Å². The third-order valence-electron chi connectivity index (χ3n) is 1.62. The van der Waals surface area contributed by atoms with E-state index in [9.17, 15) is 8.78 Å². The predicted molar refractivity (Wildman–Crippen MR) is 44.3 cm³/mol. The standard InChI is InChI=1S/C9H9F2N/c1-2-6-3-7(10)4-9(11)8(6)5-12/h2-4H,1,5,12H2. The molecule has 0 spiro atoms. The van der Waals surface area contributed by atoms with E-state index in [-0.39, 0.29) is 6.54 Å². The van der Waals surface area contributed by atoms with Crippen molar-refractivity contribution in [2.45, 2.75) is 6.54 Å². The highest BCUT2D eigenvalue weighted by molar-refractivity contribution is 5.52. The van der Waals surface area contributed by atoms with Crippen LogP contribution in [-0.4, -0.2) is 0 Å². The lowest BCUT2D eigenvalue weighted by Crippen LogP contribution is -2.03. The molecule has 0 aromatic heterocycles. The van der Waals surface area contributed by atoms with Crippen molar-refractivity contribution < 1.29 is 8.78 Å². The van der Waals surface area contributed by atoms with Crippen LogP contribution in [0.25, 0.3) is 6.08 Å². The molecule has 0 saturated heterocycles. The van der Waals surface area contributed by atoms with Crippen LogP contribution >= 0.6 is 0 Å². The van der Waals surface area contributed by atoms with Gasteiger partial charge in [0.1, 0.15) is 11.6 Å². The van der Waals surface area contributed by atoms with E-state index in [2.05, 4.69) is 6.58 Å². The highest BCUT2D eigenvalue weighted by Crippen LogP contribution is 2.16. The van der Waals surface area contributed by atoms with Crippen molar-refractivity contribution in [3.05, 3.63) is 41.5 Å². The van der Waals surface area contributed by atoms with E-state index >= 15 is 0 Å². The molecule has 12 heavy (non-hydrogen) atoms. The van der Waals surface area contributed by atoms with Gasteiger partial charge in [0.25, 0.3) is 0 Å². The lowest BCUT2D eigenvalue weighted by atomic mass is 10.1. The van der Waals surface area contributed by atoms with Crippen LogP contribution in [0.4, 0.5) is 8.78 Å². The minimum atomic E-state index is -0.618. The molecule has 0 heterocycles. The lowest BCUT2D eigenvalue weighted by molar-refractivity contribution is 0.572. The Bertz CT molecular complexity index is 308. The number of rotatable bonds is 2. The molecule has 64 valence electrons. The highest BCUT2D eigenvalue weighted by Gasteiger charge is 2.06. The summed E-state index contributed by atoms with van der Waals surface area (Å²) < 4.78 is 25.5. The van der Waals surface area contributed by atoms with Crippen molar-refractivity contribution in [1.29, 1.82) is 0 Å². The number of nitrogens with two attached hydrogens (primary N) is 1. The number of halogens is 2. The van der Waals surface area contributed by atoms with Gasteiger partial charge < -0.3 is 5.73 Å². The van der Waals surface area contributed by atoms with Gasteiger partial charge in [0.05, 0.1) is 0 Å². The Balaban J connectivity index is 3.33. The third kappa shape index (κ3) is 1.51. The molecule has 3 heteroatoms. The molecule has 2 N–H and O–H groups in total. The molecule has 0 bridgehead atoms. The summed E-state index contributed by atoms with van der Waals surface area (Å²) in [5.41, 5.74) is 5.98. The average Bonchev–Trinajstić information content (AvgIpc) is 2.03. The van der Waals surface area contributed by atoms with Crippen LogP contribution in [0.2, 0.25) is 0 Å². The van der Waals surface area contributed by atoms with Gasteiger partial charge in [-0.3, -0.25) is 0 Å². The van der Waals surface area contributed by atoms with Gasteiger partial charge in [0, 0.05) is 18.2 Å². The summed E-state index contributed by atoms with van der Waals surface area (Å²) in [5.74, 6) is -1.23. The van der Waals surface area contributed by atoms with Crippen molar-refractivity contribution in [3.63, 3.8) is 0 Å². The van der Waals surface area contributed by atoms with Gasteiger partial charge >= 0.3 is 0 Å². The van der Waals surface area contributed by atoms with Crippen LogP contribution < -0.4 is 5.73 Å². The average molecular weight is 169 g/mol. The molecule has 1 nitrogen and oxygen atoms in total. The van der Waals surface area contributed by atoms with E-state index in [4.69, 9.17) is 5.73 Å². The zero-order valence-electron chi connectivity index (χ0n) is 6.48. The van der Waals surface area contributed by atoms with Gasteiger partial charge in [-0.25, -0.2) is 8.78 Å². The molecule has 0 amide bonds. The molecule has 1 rings (SSSR count). The summed E-state index contributed by atoms with van der Waals surface area (Å²) in [5, 5.41) is 0. The zero-order chi connectivity index (χ0) is 9.14. The predicted octanol–water partition coefficient (Wildman–Crippen LogP) is 2.07. The summed E-state index contributed by atoms with van der Waals surface area (Å²) >= 11 is 0. The Hall–Kier alpha value is -1.22. The molecule has 0 saturated carbocycles. The summed E-state index contributed by atoms with van der Waals surface area (Å²) in [6.45, 7) is 3.48. The Kier molecular flexibility index (Phi) is 2.55. The fourth-order valence-corrected chi connectivity index (χ4v) is 1.02. The van der Waals surface area contributed by atoms with Crippen LogP contribution in [-0.2, 0) is 6.54 Å². The van der Waals surface area contributed by atoms with Crippen molar-refractivity contribution in [2.24, 2.45) is 5.73 Å². The molecule has 0 radical (unpaired) electrons. The highest BCUT2D eigenvalue weighted by atomic mass is 19.1. The van der Waals surface area contributed by atoms with Gasteiger partial charge in [0.2, 0.25) is 0 Å². The summed E-state index contributed by atoms with van der Waals surface area (Å²) in [6, 6.07) is 2.02. The Morgan fingerprint density at radius 2 is 2.08 bits per heavy atom. The van der Waals surface area contributed by atoms with Crippen molar-refractivity contribution in [2.75, 3.05) is 0 Å². The van der Waals surface area contributed by atoms with E-state index in [0.717, 1.165) is 6.07 Å². The maximum atomic E-state index is 12.9. The Morgan fingerprint density at radius 1 is 1.42 bits per heavy atom. The largest absolute Gasteiger partial charge is 0.326 e. The minimum absolute atomic E-state index is 0.0491. The summed E-state index contributed by atoms with van der Waals surface area (Å²) in [4.78, 5) is 0. The number of hydrogen-bond donors (Lipinski definition) is 1. The molecular formula is C9H9F2N. The molecule has 1 aromatic carbocycles. The minimum Gasteiger partial charge on any atom is -0.326 e. The molecular weight excluding hydrogens is 160 g/mol. The van der Waals surface area contributed by atoms with Gasteiger partial charge in [-0.05, 0) is 11.6 Å². The maximum absolute atomic E-state index is 12.9. The monoisotopic (exact) mass is 169 g/mol. The normalized spacial score (nSPS) is 9.92. The van der Waals surface area contributed by atoms with Crippen LogP contribution in [0.5, 0.6) is 0 Å². The fraction of sp³-hybridized carbons (Fsp3) is 0.111. The quantitative estimate of drug-likeness (QED) is 0.720. The topological polar surface area (TPSA) is 26.0 Å². The van der Waals surface area contributed by atoms with Crippen molar-refractivity contribution >= 4 is 6.08 Å². The Morgan fingerprint density at radius 3 is 2.58 bits per heavy atom. The fourth-order valence-electron chi connectivity index (χ4n) is 1.02. The molecule has 0 aliphatic heterocycles. The molecule has 1 aromatic rings. The number of hydrogen-bond acceptors (Lipinski definition) is 1. The zero-order valence-corrected chi connectivity index (χ0v) is 6.48. The van der Waals surface area contributed by atoms with Crippen LogP contribution in [0, 0.1) is 11.6 Å². The molecule has 0 aliphatic carbocycles. The second-order valence-corrected chi connectivity index (χ2v) is 2.36. The first-order chi connectivity index (χ1) is 5.69. The van der Waals surface area contributed by atoms with E-state index in [0.29, 0.717) is 11.1 Å². The lowest BCUT2D eigenvalue weighted by Gasteiger charge is -2.04. The van der Waals surface area contributed by atoms with E-state index < -0.39 is 11.6 Å². The van der Waals surface area contributed by atoms with Crippen molar-refractivity contribution in [1.82, 2.24) is 0 Å². The SMILES string of the molecule is C=Cc1cc(F)cc(F)c1CN. The van der Waals surface area contributed by atoms with Crippen LogP contribution in [0.15, 0.2) is 18.7 Å². The molecule has 0 unspecified atom stereocenters.